The summed E-state index contributed by atoms with van der Waals surface area (Å²) in [5, 5.41) is 0. The molecule has 0 spiro atoms. The van der Waals surface area contributed by atoms with Crippen molar-refractivity contribution in [3.63, 3.8) is 0 Å². The summed E-state index contributed by atoms with van der Waals surface area (Å²) in [4.78, 5) is 35.1. The number of ether oxygens (including phenoxy) is 2. The van der Waals surface area contributed by atoms with Gasteiger partial charge in [0.25, 0.3) is 15.9 Å². The molecule has 2 saturated carbocycles. The van der Waals surface area contributed by atoms with Crippen LogP contribution in [-0.4, -0.2) is 64.0 Å². The summed E-state index contributed by atoms with van der Waals surface area (Å²) in [5.41, 5.74) is 3.47. The van der Waals surface area contributed by atoms with Crippen molar-refractivity contribution >= 4 is 21.9 Å². The molecular weight excluding hydrogens is 653 g/mol. The Morgan fingerprint density at radius 3 is 2.34 bits per heavy atom. The Hall–Kier alpha value is -4.58. The zero-order valence-corrected chi connectivity index (χ0v) is 30.0. The second-order valence-electron chi connectivity index (χ2n) is 15.0. The number of sulfonamides is 1. The maximum atomic E-state index is 14.7. The third-order valence-electron chi connectivity index (χ3n) is 9.89. The van der Waals surface area contributed by atoms with Gasteiger partial charge in [0.1, 0.15) is 12.4 Å². The molecule has 7 rings (SSSR count). The summed E-state index contributed by atoms with van der Waals surface area (Å²) in [6, 6.07) is 13.2. The molecule has 2 aromatic heterocycles. The molecule has 3 aliphatic rings. The number of carbonyl (C=O) groups is 1. The number of aromatic nitrogens is 4. The average Bonchev–Trinajstić information content (AvgIpc) is 3.02. The molecule has 0 radical (unpaired) electrons. The Balaban J connectivity index is 0.00000448. The SMILES string of the molecule is Cc1cccc(C)c1-c1cc2nc(n1)NS(=O)(=O)c1cccc(c1)C(=O)N(C1CCC1c1ncc(OC3CCC3)cn1)[C@H](CC(C)(C)C)CO2.[HH]. The number of anilines is 1. The molecule has 4 aromatic rings. The standard InChI is InChI=1S/C38H44N6O5S.H2/c1-23-9-6-10-24(2)34(23)31-18-33-42-37(41-31)43-50(46,47)29-14-7-11-25(17-29)36(45)44(26(22-48-33)19-38(3,4)5)32-16-15-30(32)35-39-20-28(21-40-35)49-27-12-8-13-27;/h6-7,9-11,14,17-18,20-21,26-27,30,32H,8,12-13,15-16,19,22H2,1-5H3,(H,41,42,43);1H/t26-,30?,32?;/m1./s1. The summed E-state index contributed by atoms with van der Waals surface area (Å²) in [6.07, 6.45) is 9.13. The summed E-state index contributed by atoms with van der Waals surface area (Å²) in [7, 11) is -4.17. The van der Waals surface area contributed by atoms with Crippen LogP contribution in [-0.2, 0) is 10.0 Å². The first kappa shape index (κ1) is 33.9. The summed E-state index contributed by atoms with van der Waals surface area (Å²) < 4.78 is 42.5. The van der Waals surface area contributed by atoms with Crippen molar-refractivity contribution in [2.75, 3.05) is 11.3 Å². The molecular formula is C38H46N6O5S. The van der Waals surface area contributed by atoms with Gasteiger partial charge in [-0.05, 0) is 87.1 Å². The number of fused-ring (bicyclic) bond motifs is 4. The lowest BCUT2D eigenvalue weighted by Crippen LogP contribution is -2.56. The Morgan fingerprint density at radius 2 is 1.70 bits per heavy atom. The third kappa shape index (κ3) is 7.03. The maximum Gasteiger partial charge on any atom is 0.264 e. The zero-order chi connectivity index (χ0) is 35.2. The van der Waals surface area contributed by atoms with E-state index in [1.807, 2.05) is 36.9 Å². The van der Waals surface area contributed by atoms with Gasteiger partial charge in [0, 0.05) is 30.6 Å². The molecule has 1 N–H and O–H groups in total. The first-order chi connectivity index (χ1) is 23.8. The van der Waals surface area contributed by atoms with Gasteiger partial charge in [-0.25, -0.2) is 28.1 Å². The Kier molecular flexibility index (Phi) is 9.00. The predicted molar refractivity (Wildman–Crippen MR) is 192 cm³/mol. The summed E-state index contributed by atoms with van der Waals surface area (Å²) in [6.45, 7) is 10.5. The Bertz CT molecular complexity index is 2000. The number of hydrogen-bond acceptors (Lipinski definition) is 9. The molecule has 0 saturated heterocycles. The monoisotopic (exact) mass is 698 g/mol. The van der Waals surface area contributed by atoms with Crippen molar-refractivity contribution in [1.82, 2.24) is 24.8 Å². The topological polar surface area (TPSA) is 136 Å². The number of carbonyl (C=O) groups excluding carboxylic acids is 1. The number of nitrogens with zero attached hydrogens (tertiary/aromatic N) is 5. The van der Waals surface area contributed by atoms with E-state index in [0.717, 1.165) is 42.4 Å². The van der Waals surface area contributed by atoms with E-state index in [2.05, 4.69) is 35.5 Å². The molecule has 3 atom stereocenters. The smallest absolute Gasteiger partial charge is 0.264 e. The van der Waals surface area contributed by atoms with Gasteiger partial charge in [0.2, 0.25) is 11.8 Å². The quantitative estimate of drug-likeness (QED) is 0.223. The molecule has 2 unspecified atom stereocenters. The number of nitrogens with one attached hydrogen (secondary N) is 1. The highest BCUT2D eigenvalue weighted by Gasteiger charge is 2.45. The fourth-order valence-corrected chi connectivity index (χ4v) is 8.09. The van der Waals surface area contributed by atoms with E-state index in [0.29, 0.717) is 23.7 Å². The third-order valence-corrected chi connectivity index (χ3v) is 11.2. The van der Waals surface area contributed by atoms with Crippen LogP contribution < -0.4 is 14.2 Å². The van der Waals surface area contributed by atoms with Gasteiger partial charge >= 0.3 is 0 Å². The summed E-state index contributed by atoms with van der Waals surface area (Å²) in [5.74, 6) is 1.04. The number of aryl methyl sites for hydroxylation is 2. The van der Waals surface area contributed by atoms with Crippen molar-refractivity contribution in [2.24, 2.45) is 5.41 Å². The van der Waals surface area contributed by atoms with E-state index in [4.69, 9.17) is 19.4 Å². The lowest BCUT2D eigenvalue weighted by atomic mass is 9.76. The highest BCUT2D eigenvalue weighted by molar-refractivity contribution is 7.92. The van der Waals surface area contributed by atoms with Crippen molar-refractivity contribution in [3.05, 3.63) is 83.4 Å². The molecule has 2 fully saturated rings. The Labute approximate surface area is 295 Å². The van der Waals surface area contributed by atoms with Gasteiger partial charge in [0.15, 0.2) is 5.75 Å². The molecule has 2 aliphatic carbocycles. The number of amides is 1. The fraction of sp³-hybridized carbons (Fsp3) is 0.447. The lowest BCUT2D eigenvalue weighted by molar-refractivity contribution is 0.0155. The molecule has 2 aromatic carbocycles. The summed E-state index contributed by atoms with van der Waals surface area (Å²) >= 11 is 0. The van der Waals surface area contributed by atoms with E-state index < -0.39 is 10.0 Å². The van der Waals surface area contributed by atoms with Crippen LogP contribution in [0.25, 0.3) is 11.3 Å². The van der Waals surface area contributed by atoms with Crippen molar-refractivity contribution in [3.8, 4) is 22.9 Å². The van der Waals surface area contributed by atoms with Crippen LogP contribution in [0.15, 0.2) is 65.8 Å². The molecule has 11 nitrogen and oxygen atoms in total. The van der Waals surface area contributed by atoms with E-state index >= 15 is 0 Å². The minimum absolute atomic E-state index is 0. The van der Waals surface area contributed by atoms with Crippen molar-refractivity contribution in [1.29, 1.82) is 0 Å². The number of benzene rings is 2. The van der Waals surface area contributed by atoms with Gasteiger partial charge < -0.3 is 14.4 Å². The molecule has 3 heterocycles. The van der Waals surface area contributed by atoms with Crippen LogP contribution in [0.2, 0.25) is 0 Å². The average molecular weight is 699 g/mol. The molecule has 1 amide bonds. The zero-order valence-electron chi connectivity index (χ0n) is 29.2. The van der Waals surface area contributed by atoms with Gasteiger partial charge in [-0.1, -0.05) is 45.0 Å². The van der Waals surface area contributed by atoms with E-state index in [9.17, 15) is 13.2 Å². The predicted octanol–water partition coefficient (Wildman–Crippen LogP) is 7.11. The van der Waals surface area contributed by atoms with Crippen LogP contribution in [0, 0.1) is 19.3 Å². The van der Waals surface area contributed by atoms with Gasteiger partial charge in [-0.15, -0.1) is 0 Å². The number of rotatable bonds is 6. The second-order valence-corrected chi connectivity index (χ2v) is 16.6. The first-order valence-corrected chi connectivity index (χ1v) is 18.9. The molecule has 4 bridgehead atoms. The highest BCUT2D eigenvalue weighted by atomic mass is 32.2. The van der Waals surface area contributed by atoms with Gasteiger partial charge in [-0.3, -0.25) is 4.79 Å². The van der Waals surface area contributed by atoms with Gasteiger partial charge in [-0.2, -0.15) is 4.98 Å². The van der Waals surface area contributed by atoms with Crippen LogP contribution in [0.3, 0.4) is 0 Å². The largest absolute Gasteiger partial charge is 0.487 e. The first-order valence-electron chi connectivity index (χ1n) is 17.4. The molecule has 1 aliphatic heterocycles. The number of hydrogen-bond donors (Lipinski definition) is 1. The molecule has 12 heteroatoms. The Morgan fingerprint density at radius 1 is 0.980 bits per heavy atom. The molecule has 264 valence electrons. The van der Waals surface area contributed by atoms with E-state index in [1.54, 1.807) is 30.6 Å². The normalized spacial score (nSPS) is 22.1. The van der Waals surface area contributed by atoms with Crippen molar-refractivity contribution < 1.29 is 24.1 Å². The van der Waals surface area contributed by atoms with Crippen molar-refractivity contribution in [2.45, 2.75) is 102 Å². The fourth-order valence-electron chi connectivity index (χ4n) is 7.10. The van der Waals surface area contributed by atoms with Crippen LogP contribution in [0.1, 0.15) is 93.9 Å². The lowest BCUT2D eigenvalue weighted by Gasteiger charge is -2.48. The van der Waals surface area contributed by atoms with E-state index in [-0.39, 0.29) is 65.7 Å². The van der Waals surface area contributed by atoms with Gasteiger partial charge in [0.05, 0.1) is 35.1 Å². The van der Waals surface area contributed by atoms with Crippen LogP contribution in [0.4, 0.5) is 5.95 Å². The minimum atomic E-state index is -4.17. The maximum absolute atomic E-state index is 14.7. The molecule has 50 heavy (non-hydrogen) atoms. The van der Waals surface area contributed by atoms with E-state index in [1.165, 1.54) is 18.6 Å². The highest BCUT2D eigenvalue weighted by Crippen LogP contribution is 2.42. The minimum Gasteiger partial charge on any atom is -0.487 e. The van der Waals surface area contributed by atoms with Crippen LogP contribution >= 0.6 is 0 Å². The second kappa shape index (κ2) is 13.3. The van der Waals surface area contributed by atoms with Crippen LogP contribution in [0.5, 0.6) is 11.6 Å².